The molecule has 3 N–H and O–H groups in total. The number of hydrogen-bond donors (Lipinski definition) is 3. The third-order valence-corrected chi connectivity index (χ3v) is 5.21. The van der Waals surface area contributed by atoms with E-state index in [2.05, 4.69) is 31.0 Å². The number of nitrogens with zero attached hydrogens (tertiary/aromatic N) is 4. The molecule has 1 aromatic rings. The standard InChI is InChI=1S/C19H33N7O2.HI/c1-3-20-19(21-11-18(27)22-14-7-5-4-6-8-14)23-15-9-10-17-24-16(13-28-2)25-26(17)12-15;/h14-15H,3-13H2,1-2H3,(H,22,27)(H2,20,21,23);1H. The van der Waals surface area contributed by atoms with Gasteiger partial charge in [0.25, 0.3) is 0 Å². The summed E-state index contributed by atoms with van der Waals surface area (Å²) in [5.74, 6) is 2.39. The maximum absolute atomic E-state index is 12.2. The SMILES string of the molecule is CCNC(=NCC(=O)NC1CCCCC1)NC1CCc2nc(COC)nn2C1.I. The number of fused-ring (bicyclic) bond motifs is 1. The van der Waals surface area contributed by atoms with Crippen LogP contribution in [0.1, 0.15) is 57.1 Å². The van der Waals surface area contributed by atoms with Crippen LogP contribution in [-0.2, 0) is 29.1 Å². The Hall–Kier alpha value is -1.43. The van der Waals surface area contributed by atoms with Crippen LogP contribution in [0.25, 0.3) is 0 Å². The first-order valence-corrected chi connectivity index (χ1v) is 10.4. The van der Waals surface area contributed by atoms with Gasteiger partial charge in [0.15, 0.2) is 11.8 Å². The fraction of sp³-hybridized carbons (Fsp3) is 0.789. The Morgan fingerprint density at radius 1 is 1.21 bits per heavy atom. The van der Waals surface area contributed by atoms with Crippen LogP contribution in [0, 0.1) is 0 Å². The van der Waals surface area contributed by atoms with Gasteiger partial charge in [0.05, 0.1) is 6.54 Å². The third kappa shape index (κ3) is 7.40. The monoisotopic (exact) mass is 519 g/mol. The molecule has 1 unspecified atom stereocenters. The van der Waals surface area contributed by atoms with E-state index in [9.17, 15) is 4.79 Å². The molecule has 1 atom stereocenters. The van der Waals surface area contributed by atoms with Gasteiger partial charge in [-0.15, -0.1) is 24.0 Å². The molecule has 29 heavy (non-hydrogen) atoms. The van der Waals surface area contributed by atoms with Gasteiger partial charge in [-0.2, -0.15) is 5.10 Å². The summed E-state index contributed by atoms with van der Waals surface area (Å²) < 4.78 is 7.06. The van der Waals surface area contributed by atoms with Gasteiger partial charge in [-0.1, -0.05) is 19.3 Å². The number of aryl methyl sites for hydroxylation is 1. The van der Waals surface area contributed by atoms with Crippen molar-refractivity contribution in [1.82, 2.24) is 30.7 Å². The van der Waals surface area contributed by atoms with Crippen molar-refractivity contribution in [2.45, 2.75) is 77.1 Å². The molecule has 10 heteroatoms. The number of aromatic nitrogens is 3. The Balaban J connectivity index is 0.00000300. The number of carbonyl (C=O) groups is 1. The highest BCUT2D eigenvalue weighted by molar-refractivity contribution is 14.0. The number of rotatable bonds is 7. The van der Waals surface area contributed by atoms with Crippen LogP contribution in [0.5, 0.6) is 0 Å². The minimum absolute atomic E-state index is 0. The lowest BCUT2D eigenvalue weighted by Crippen LogP contribution is -2.47. The van der Waals surface area contributed by atoms with Crippen molar-refractivity contribution in [3.63, 3.8) is 0 Å². The molecule has 2 heterocycles. The molecule has 1 fully saturated rings. The van der Waals surface area contributed by atoms with Crippen LogP contribution >= 0.6 is 24.0 Å². The van der Waals surface area contributed by atoms with Gasteiger partial charge in [-0.05, 0) is 26.2 Å². The fourth-order valence-corrected chi connectivity index (χ4v) is 3.85. The molecule has 1 amide bonds. The van der Waals surface area contributed by atoms with Gasteiger partial charge in [0.1, 0.15) is 19.0 Å². The van der Waals surface area contributed by atoms with Crippen molar-refractivity contribution in [3.8, 4) is 0 Å². The summed E-state index contributed by atoms with van der Waals surface area (Å²) in [6.45, 7) is 4.07. The molecule has 0 saturated heterocycles. The highest BCUT2D eigenvalue weighted by Crippen LogP contribution is 2.17. The lowest BCUT2D eigenvalue weighted by Gasteiger charge is -2.25. The second-order valence-corrected chi connectivity index (χ2v) is 7.54. The van der Waals surface area contributed by atoms with Crippen molar-refractivity contribution in [3.05, 3.63) is 11.6 Å². The molecule has 0 bridgehead atoms. The number of guanidine groups is 1. The third-order valence-electron chi connectivity index (χ3n) is 5.21. The van der Waals surface area contributed by atoms with Crippen LogP contribution in [0.15, 0.2) is 4.99 Å². The Bertz CT molecular complexity index is 674. The number of ether oxygens (including phenoxy) is 1. The van der Waals surface area contributed by atoms with E-state index in [1.165, 1.54) is 19.3 Å². The molecule has 0 aromatic carbocycles. The van der Waals surface area contributed by atoms with Crippen LogP contribution in [0.4, 0.5) is 0 Å². The Morgan fingerprint density at radius 2 is 2.00 bits per heavy atom. The zero-order valence-corrected chi connectivity index (χ0v) is 19.8. The van der Waals surface area contributed by atoms with Crippen molar-refractivity contribution in [2.24, 2.45) is 4.99 Å². The highest BCUT2D eigenvalue weighted by Gasteiger charge is 2.22. The summed E-state index contributed by atoms with van der Waals surface area (Å²) in [5.41, 5.74) is 0. The maximum Gasteiger partial charge on any atom is 0.242 e. The molecule has 164 valence electrons. The first kappa shape index (κ1) is 23.8. The number of aliphatic imine (C=N–C) groups is 1. The molecule has 2 aliphatic rings. The Labute approximate surface area is 189 Å². The molecule has 3 rings (SSSR count). The zero-order valence-electron chi connectivity index (χ0n) is 17.4. The molecule has 9 nitrogen and oxygen atoms in total. The van der Waals surface area contributed by atoms with E-state index >= 15 is 0 Å². The number of hydrogen-bond acceptors (Lipinski definition) is 5. The van der Waals surface area contributed by atoms with Gasteiger partial charge in [-0.25, -0.2) is 14.7 Å². The van der Waals surface area contributed by atoms with Crippen LogP contribution in [0.2, 0.25) is 0 Å². The Morgan fingerprint density at radius 3 is 2.72 bits per heavy atom. The first-order valence-electron chi connectivity index (χ1n) is 10.4. The number of methoxy groups -OCH3 is 1. The molecule has 1 aliphatic heterocycles. The fourth-order valence-electron chi connectivity index (χ4n) is 3.85. The van der Waals surface area contributed by atoms with Crippen molar-refractivity contribution in [2.75, 3.05) is 20.2 Å². The van der Waals surface area contributed by atoms with E-state index < -0.39 is 0 Å². The number of halogens is 1. The average Bonchev–Trinajstić information content (AvgIpc) is 3.09. The van der Waals surface area contributed by atoms with Crippen molar-refractivity contribution < 1.29 is 9.53 Å². The lowest BCUT2D eigenvalue weighted by molar-refractivity contribution is -0.120. The van der Waals surface area contributed by atoms with Gasteiger partial charge in [0.2, 0.25) is 5.91 Å². The topological polar surface area (TPSA) is 105 Å². The molecule has 1 saturated carbocycles. The van der Waals surface area contributed by atoms with Gasteiger partial charge in [0, 0.05) is 32.2 Å². The first-order chi connectivity index (χ1) is 13.7. The summed E-state index contributed by atoms with van der Waals surface area (Å²) in [7, 11) is 1.65. The molecule has 0 spiro atoms. The number of amides is 1. The average molecular weight is 519 g/mol. The van der Waals surface area contributed by atoms with E-state index in [0.29, 0.717) is 18.6 Å². The summed E-state index contributed by atoms with van der Waals surface area (Å²) in [6.07, 6.45) is 7.66. The maximum atomic E-state index is 12.2. The molecule has 0 radical (unpaired) electrons. The summed E-state index contributed by atoms with van der Waals surface area (Å²) in [6, 6.07) is 0.515. The van der Waals surface area contributed by atoms with E-state index in [-0.39, 0.29) is 42.5 Å². The van der Waals surface area contributed by atoms with Crippen molar-refractivity contribution in [1.29, 1.82) is 0 Å². The summed E-state index contributed by atoms with van der Waals surface area (Å²) in [5, 5.41) is 14.3. The number of nitrogens with one attached hydrogen (secondary N) is 3. The Kier molecular flexibility index (Phi) is 10.1. The molecular weight excluding hydrogens is 485 g/mol. The minimum atomic E-state index is -0.00415. The molecule has 1 aromatic heterocycles. The largest absolute Gasteiger partial charge is 0.377 e. The van der Waals surface area contributed by atoms with E-state index in [1.54, 1.807) is 7.11 Å². The lowest BCUT2D eigenvalue weighted by atomic mass is 9.95. The van der Waals surface area contributed by atoms with E-state index in [4.69, 9.17) is 4.74 Å². The predicted octanol–water partition coefficient (Wildman–Crippen LogP) is 1.36. The number of carbonyl (C=O) groups excluding carboxylic acids is 1. The predicted molar refractivity (Wildman–Crippen MR) is 122 cm³/mol. The molecule has 1 aliphatic carbocycles. The summed E-state index contributed by atoms with van der Waals surface area (Å²) >= 11 is 0. The van der Waals surface area contributed by atoms with Gasteiger partial charge in [-0.3, -0.25) is 4.79 Å². The zero-order chi connectivity index (χ0) is 19.8. The van der Waals surface area contributed by atoms with Gasteiger partial charge >= 0.3 is 0 Å². The van der Waals surface area contributed by atoms with E-state index in [0.717, 1.165) is 50.4 Å². The van der Waals surface area contributed by atoms with Crippen LogP contribution in [-0.4, -0.2) is 58.9 Å². The molecular formula is C19H34IN7O2. The van der Waals surface area contributed by atoms with Crippen LogP contribution < -0.4 is 16.0 Å². The van der Waals surface area contributed by atoms with E-state index in [1.807, 2.05) is 11.6 Å². The second-order valence-electron chi connectivity index (χ2n) is 7.54. The van der Waals surface area contributed by atoms with Crippen molar-refractivity contribution >= 4 is 35.8 Å². The summed E-state index contributed by atoms with van der Waals surface area (Å²) in [4.78, 5) is 21.2. The quantitative estimate of drug-likeness (QED) is 0.286. The minimum Gasteiger partial charge on any atom is -0.377 e. The second kappa shape index (κ2) is 12.3. The smallest absolute Gasteiger partial charge is 0.242 e. The highest BCUT2D eigenvalue weighted by atomic mass is 127. The van der Waals surface area contributed by atoms with Crippen LogP contribution in [0.3, 0.4) is 0 Å². The normalized spacial score (nSPS) is 19.8. The van der Waals surface area contributed by atoms with Gasteiger partial charge < -0.3 is 20.7 Å².